The summed E-state index contributed by atoms with van der Waals surface area (Å²) in [4.78, 5) is 0. The van der Waals surface area contributed by atoms with Gasteiger partial charge in [0.1, 0.15) is 5.75 Å². The van der Waals surface area contributed by atoms with E-state index in [0.29, 0.717) is 5.56 Å². The van der Waals surface area contributed by atoms with Crippen LogP contribution in [0.2, 0.25) is 0 Å². The summed E-state index contributed by atoms with van der Waals surface area (Å²) < 4.78 is 0. The second-order valence-corrected chi connectivity index (χ2v) is 4.59. The largest absolute Gasteiger partial charge is 0.507 e. The molecule has 0 saturated carbocycles. The molecule has 94 valence electrons. The van der Waals surface area contributed by atoms with Crippen LogP contribution in [0, 0.1) is 20.8 Å². The van der Waals surface area contributed by atoms with Crippen molar-refractivity contribution in [2.45, 2.75) is 20.8 Å². The highest BCUT2D eigenvalue weighted by molar-refractivity contribution is 5.75. The Bertz CT molecular complexity index is 592. The van der Waals surface area contributed by atoms with Crippen LogP contribution in [-0.2, 0) is 0 Å². The average Bonchev–Trinajstić information content (AvgIpc) is 2.30. The van der Waals surface area contributed by atoms with Crippen LogP contribution >= 0.6 is 0 Å². The van der Waals surface area contributed by atoms with Crippen LogP contribution in [0.25, 0.3) is 11.1 Å². The van der Waals surface area contributed by atoms with E-state index < -0.39 is 0 Å². The fourth-order valence-electron chi connectivity index (χ4n) is 1.99. The highest BCUT2D eigenvalue weighted by Crippen LogP contribution is 2.39. The van der Waals surface area contributed by atoms with Gasteiger partial charge in [0, 0.05) is 11.6 Å². The van der Waals surface area contributed by atoms with E-state index in [-0.39, 0.29) is 17.2 Å². The minimum absolute atomic E-state index is 0.0482. The summed E-state index contributed by atoms with van der Waals surface area (Å²) in [6.45, 7) is 6.05. The molecule has 18 heavy (non-hydrogen) atoms. The normalized spacial score (nSPS) is 10.6. The number of hydrogen-bond donors (Lipinski definition) is 3. The van der Waals surface area contributed by atoms with Crippen LogP contribution in [-0.4, -0.2) is 15.3 Å². The monoisotopic (exact) mass is 244 g/mol. The first-order chi connectivity index (χ1) is 8.40. The maximum Gasteiger partial charge on any atom is 0.161 e. The molecule has 0 radical (unpaired) electrons. The lowest BCUT2D eigenvalue weighted by Crippen LogP contribution is -1.89. The average molecular weight is 244 g/mol. The summed E-state index contributed by atoms with van der Waals surface area (Å²) in [5, 5.41) is 28.7. The van der Waals surface area contributed by atoms with Gasteiger partial charge in [0.15, 0.2) is 11.5 Å². The predicted octanol–water partition coefficient (Wildman–Crippen LogP) is 3.40. The Morgan fingerprint density at radius 2 is 1.17 bits per heavy atom. The lowest BCUT2D eigenvalue weighted by Gasteiger charge is -2.11. The first-order valence-corrected chi connectivity index (χ1v) is 5.73. The molecule has 0 fully saturated rings. The van der Waals surface area contributed by atoms with Gasteiger partial charge >= 0.3 is 0 Å². The molecule has 3 heteroatoms. The van der Waals surface area contributed by atoms with E-state index in [2.05, 4.69) is 0 Å². The molecule has 2 rings (SSSR count). The molecule has 0 saturated heterocycles. The van der Waals surface area contributed by atoms with Gasteiger partial charge in [0.05, 0.1) is 0 Å². The molecule has 0 aliphatic heterocycles. The fraction of sp³-hybridized carbons (Fsp3) is 0.200. The van der Waals surface area contributed by atoms with Crippen LogP contribution in [0.3, 0.4) is 0 Å². The summed E-state index contributed by atoms with van der Waals surface area (Å²) in [6.07, 6.45) is 0. The van der Waals surface area contributed by atoms with Gasteiger partial charge in [-0.2, -0.15) is 0 Å². The zero-order chi connectivity index (χ0) is 13.4. The van der Waals surface area contributed by atoms with Crippen molar-refractivity contribution in [1.29, 1.82) is 0 Å². The van der Waals surface area contributed by atoms with Crippen molar-refractivity contribution in [3.63, 3.8) is 0 Å². The van der Waals surface area contributed by atoms with Crippen molar-refractivity contribution >= 4 is 0 Å². The second kappa shape index (κ2) is 4.26. The summed E-state index contributed by atoms with van der Waals surface area (Å²) in [6, 6.07) is 6.42. The molecule has 2 aromatic carbocycles. The Hall–Kier alpha value is -2.16. The van der Waals surface area contributed by atoms with E-state index in [1.165, 1.54) is 11.6 Å². The van der Waals surface area contributed by atoms with Crippen LogP contribution in [0.5, 0.6) is 17.2 Å². The third-order valence-corrected chi connectivity index (χ3v) is 3.33. The number of benzene rings is 2. The zero-order valence-corrected chi connectivity index (χ0v) is 10.7. The SMILES string of the molecule is Cc1cc(-c2cc(O)c(O)cc2O)cc(C)c1C. The Morgan fingerprint density at radius 3 is 1.72 bits per heavy atom. The Labute approximate surface area is 106 Å². The van der Waals surface area contributed by atoms with E-state index in [1.807, 2.05) is 32.9 Å². The predicted molar refractivity (Wildman–Crippen MR) is 71.1 cm³/mol. The molecular weight excluding hydrogens is 228 g/mol. The molecular formula is C15H16O3. The quantitative estimate of drug-likeness (QED) is 0.532. The van der Waals surface area contributed by atoms with Gasteiger partial charge in [0.2, 0.25) is 0 Å². The van der Waals surface area contributed by atoms with E-state index in [4.69, 9.17) is 0 Å². The van der Waals surface area contributed by atoms with Crippen LogP contribution < -0.4 is 0 Å². The molecule has 3 nitrogen and oxygen atoms in total. The van der Waals surface area contributed by atoms with Gasteiger partial charge in [0.25, 0.3) is 0 Å². The molecule has 0 bridgehead atoms. The van der Waals surface area contributed by atoms with Crippen molar-refractivity contribution in [1.82, 2.24) is 0 Å². The molecule has 0 amide bonds. The van der Waals surface area contributed by atoms with E-state index in [9.17, 15) is 15.3 Å². The first-order valence-electron chi connectivity index (χ1n) is 5.73. The number of hydrogen-bond acceptors (Lipinski definition) is 3. The second-order valence-electron chi connectivity index (χ2n) is 4.59. The number of aryl methyl sites for hydroxylation is 2. The third-order valence-electron chi connectivity index (χ3n) is 3.33. The molecule has 3 N–H and O–H groups in total. The molecule has 0 aromatic heterocycles. The summed E-state index contributed by atoms with van der Waals surface area (Å²) in [5.74, 6) is -0.608. The van der Waals surface area contributed by atoms with Crippen molar-refractivity contribution in [3.8, 4) is 28.4 Å². The number of phenolic OH excluding ortho intramolecular Hbond substituents is 3. The maximum atomic E-state index is 9.85. The maximum absolute atomic E-state index is 9.85. The zero-order valence-electron chi connectivity index (χ0n) is 10.7. The van der Waals surface area contributed by atoms with E-state index in [1.54, 1.807) is 0 Å². The van der Waals surface area contributed by atoms with Crippen molar-refractivity contribution in [2.75, 3.05) is 0 Å². The summed E-state index contributed by atoms with van der Waals surface area (Å²) in [5.41, 5.74) is 4.79. The topological polar surface area (TPSA) is 60.7 Å². The Morgan fingerprint density at radius 1 is 0.667 bits per heavy atom. The highest BCUT2D eigenvalue weighted by Gasteiger charge is 2.11. The van der Waals surface area contributed by atoms with E-state index >= 15 is 0 Å². The molecule has 0 atom stereocenters. The van der Waals surface area contributed by atoms with Gasteiger partial charge in [-0.3, -0.25) is 0 Å². The summed E-state index contributed by atoms with van der Waals surface area (Å²) >= 11 is 0. The highest BCUT2D eigenvalue weighted by atomic mass is 16.3. The van der Waals surface area contributed by atoms with E-state index in [0.717, 1.165) is 22.8 Å². The minimum atomic E-state index is -0.322. The smallest absolute Gasteiger partial charge is 0.161 e. The van der Waals surface area contributed by atoms with Gasteiger partial charge in [-0.05, 0) is 49.1 Å². The molecule has 0 spiro atoms. The molecule has 2 aromatic rings. The Balaban J connectivity index is 2.66. The lowest BCUT2D eigenvalue weighted by molar-refractivity contribution is 0.397. The molecule has 0 aliphatic carbocycles. The van der Waals surface area contributed by atoms with Crippen LogP contribution in [0.1, 0.15) is 16.7 Å². The third kappa shape index (κ3) is 1.99. The molecule has 0 unspecified atom stereocenters. The van der Waals surface area contributed by atoms with Gasteiger partial charge < -0.3 is 15.3 Å². The van der Waals surface area contributed by atoms with Gasteiger partial charge in [-0.15, -0.1) is 0 Å². The van der Waals surface area contributed by atoms with Gasteiger partial charge in [-0.25, -0.2) is 0 Å². The molecule has 0 aliphatic rings. The van der Waals surface area contributed by atoms with Crippen LogP contribution in [0.4, 0.5) is 0 Å². The van der Waals surface area contributed by atoms with Crippen molar-refractivity contribution in [3.05, 3.63) is 41.0 Å². The van der Waals surface area contributed by atoms with Crippen LogP contribution in [0.15, 0.2) is 24.3 Å². The Kier molecular flexibility index (Phi) is 2.91. The number of aromatic hydroxyl groups is 3. The summed E-state index contributed by atoms with van der Waals surface area (Å²) in [7, 11) is 0. The molecule has 0 heterocycles. The number of rotatable bonds is 1. The van der Waals surface area contributed by atoms with Crippen molar-refractivity contribution < 1.29 is 15.3 Å². The lowest BCUT2D eigenvalue weighted by atomic mass is 9.96. The van der Waals surface area contributed by atoms with Gasteiger partial charge in [-0.1, -0.05) is 12.1 Å². The standard InChI is InChI=1S/C15H16O3/c1-8-4-11(5-9(2)10(8)3)12-6-14(17)15(18)7-13(12)16/h4-7,16-18H,1-3H3. The van der Waals surface area contributed by atoms with Crippen molar-refractivity contribution in [2.24, 2.45) is 0 Å². The minimum Gasteiger partial charge on any atom is -0.507 e. The fourth-order valence-corrected chi connectivity index (χ4v) is 1.99. The number of phenols is 3. The first kappa shape index (κ1) is 12.3.